The first-order valence-electron chi connectivity index (χ1n) is 16.0. The molecule has 224 valence electrons. The highest BCUT2D eigenvalue weighted by molar-refractivity contribution is 6.14. The number of aliphatic imine (C=N–C) groups is 1. The fraction of sp³-hybridized carbons (Fsp3) is 0.0465. The van der Waals surface area contributed by atoms with Crippen LogP contribution in [0, 0.1) is 0 Å². The Hall–Kier alpha value is -5.97. The molecule has 4 heteroatoms. The summed E-state index contributed by atoms with van der Waals surface area (Å²) in [4.78, 5) is 5.32. The van der Waals surface area contributed by atoms with E-state index in [2.05, 4.69) is 156 Å². The van der Waals surface area contributed by atoms with Crippen molar-refractivity contribution < 1.29 is 4.42 Å². The Balaban J connectivity index is 1.23. The van der Waals surface area contributed by atoms with Gasteiger partial charge in [0.2, 0.25) is 0 Å². The molecule has 7 aromatic carbocycles. The van der Waals surface area contributed by atoms with Gasteiger partial charge < -0.3 is 9.73 Å². The number of amidine groups is 1. The first kappa shape index (κ1) is 27.3. The van der Waals surface area contributed by atoms with Gasteiger partial charge in [-0.1, -0.05) is 158 Å². The summed E-state index contributed by atoms with van der Waals surface area (Å²) in [7, 11) is 0. The van der Waals surface area contributed by atoms with Crippen molar-refractivity contribution in [3.8, 4) is 22.3 Å². The summed E-state index contributed by atoms with van der Waals surface area (Å²) in [5.74, 6) is 0.853. The van der Waals surface area contributed by atoms with Crippen molar-refractivity contribution in [2.24, 2.45) is 4.99 Å². The molecule has 0 saturated carbocycles. The molecule has 0 radical (unpaired) electrons. The zero-order valence-corrected chi connectivity index (χ0v) is 25.6. The van der Waals surface area contributed by atoms with Crippen LogP contribution in [0.4, 0.5) is 0 Å². The highest BCUT2D eigenvalue weighted by atomic mass is 16.3. The van der Waals surface area contributed by atoms with E-state index in [9.17, 15) is 0 Å². The van der Waals surface area contributed by atoms with Crippen molar-refractivity contribution in [1.29, 1.82) is 0 Å². The third kappa shape index (κ3) is 4.78. The second-order valence-corrected chi connectivity index (χ2v) is 12.0. The van der Waals surface area contributed by atoms with Crippen LogP contribution in [-0.4, -0.2) is 5.84 Å². The maximum atomic E-state index is 6.62. The van der Waals surface area contributed by atoms with Gasteiger partial charge in [-0.25, -0.2) is 4.99 Å². The lowest BCUT2D eigenvalue weighted by Crippen LogP contribution is -2.45. The number of hydrogen-bond acceptors (Lipinski definition) is 4. The minimum absolute atomic E-state index is 0.242. The van der Waals surface area contributed by atoms with Gasteiger partial charge in [-0.2, -0.15) is 0 Å². The van der Waals surface area contributed by atoms with E-state index in [1.165, 1.54) is 16.5 Å². The van der Waals surface area contributed by atoms with E-state index in [1.54, 1.807) is 0 Å². The van der Waals surface area contributed by atoms with Crippen LogP contribution in [0.15, 0.2) is 173 Å². The molecule has 8 aromatic rings. The lowest BCUT2D eigenvalue weighted by Gasteiger charge is -2.33. The SMILES string of the molecule is c1ccc(-c2ccc(C3=NC(c4ccccc4)NC(c4ccc(-c5ccccc5)c5oc6ccccc6c45)N3)c3ccccc23)cc1. The van der Waals surface area contributed by atoms with Gasteiger partial charge in [-0.05, 0) is 39.1 Å². The third-order valence-electron chi connectivity index (χ3n) is 9.20. The average Bonchev–Trinajstić information content (AvgIpc) is 3.55. The molecule has 47 heavy (non-hydrogen) atoms. The molecule has 2 atom stereocenters. The van der Waals surface area contributed by atoms with Gasteiger partial charge in [0.15, 0.2) is 0 Å². The Kier molecular flexibility index (Phi) is 6.65. The molecule has 1 aliphatic heterocycles. The van der Waals surface area contributed by atoms with E-state index < -0.39 is 0 Å². The second-order valence-electron chi connectivity index (χ2n) is 12.0. The van der Waals surface area contributed by atoms with Gasteiger partial charge >= 0.3 is 0 Å². The predicted octanol–water partition coefficient (Wildman–Crippen LogP) is 10.4. The molecule has 2 unspecified atom stereocenters. The van der Waals surface area contributed by atoms with Gasteiger partial charge in [-0.15, -0.1) is 0 Å². The molecule has 1 aliphatic rings. The van der Waals surface area contributed by atoms with E-state index >= 15 is 0 Å². The summed E-state index contributed by atoms with van der Waals surface area (Å²) in [5, 5.41) is 12.2. The van der Waals surface area contributed by atoms with Crippen molar-refractivity contribution in [3.63, 3.8) is 0 Å². The number of benzene rings is 7. The number of hydrogen-bond donors (Lipinski definition) is 2. The highest BCUT2D eigenvalue weighted by Gasteiger charge is 2.29. The van der Waals surface area contributed by atoms with Crippen molar-refractivity contribution in [2.75, 3.05) is 0 Å². The molecule has 2 heterocycles. The lowest BCUT2D eigenvalue weighted by molar-refractivity contribution is 0.411. The Bertz CT molecular complexity index is 2410. The molecule has 1 aromatic heterocycles. The van der Waals surface area contributed by atoms with Gasteiger partial charge in [0.25, 0.3) is 0 Å². The van der Waals surface area contributed by atoms with Gasteiger partial charge in [-0.3, -0.25) is 5.32 Å². The smallest absolute Gasteiger partial charge is 0.143 e. The molecule has 0 bridgehead atoms. The topological polar surface area (TPSA) is 49.6 Å². The van der Waals surface area contributed by atoms with Gasteiger partial charge in [0.05, 0.1) is 0 Å². The maximum Gasteiger partial charge on any atom is 0.143 e. The predicted molar refractivity (Wildman–Crippen MR) is 193 cm³/mol. The fourth-order valence-electron chi connectivity index (χ4n) is 6.98. The van der Waals surface area contributed by atoms with Crippen LogP contribution in [-0.2, 0) is 0 Å². The summed E-state index contributed by atoms with van der Waals surface area (Å²) >= 11 is 0. The summed E-state index contributed by atoms with van der Waals surface area (Å²) < 4.78 is 6.62. The van der Waals surface area contributed by atoms with Crippen LogP contribution in [0.1, 0.15) is 29.0 Å². The van der Waals surface area contributed by atoms with Gasteiger partial charge in [0, 0.05) is 27.5 Å². The quantitative estimate of drug-likeness (QED) is 0.205. The summed E-state index contributed by atoms with van der Waals surface area (Å²) in [6.45, 7) is 0. The second kappa shape index (κ2) is 11.4. The summed E-state index contributed by atoms with van der Waals surface area (Å²) in [6.07, 6.45) is -0.499. The minimum atomic E-state index is -0.257. The number of nitrogens with zero attached hydrogens (tertiary/aromatic N) is 1. The standard InChI is InChI=1S/C43H31N3O/c1-4-14-28(15-5-1)31-24-26-35(34-21-11-10-20-33(31)34)42-44-41(30-18-8-3-9-19-30)45-43(46-42)37-27-25-32(29-16-6-2-7-17-29)40-39(37)36-22-12-13-23-38(36)47-40/h1-27,41,43,45H,(H,44,46). The molecule has 0 fully saturated rings. The first-order chi connectivity index (χ1) is 23.3. The zero-order chi connectivity index (χ0) is 31.2. The molecule has 0 saturated heterocycles. The van der Waals surface area contributed by atoms with E-state index in [1.807, 2.05) is 18.2 Å². The molecular formula is C43H31N3O. The van der Waals surface area contributed by atoms with Crippen molar-refractivity contribution in [2.45, 2.75) is 12.3 Å². The van der Waals surface area contributed by atoms with Crippen LogP contribution in [0.5, 0.6) is 0 Å². The molecule has 4 nitrogen and oxygen atoms in total. The van der Waals surface area contributed by atoms with E-state index in [0.717, 1.165) is 61.0 Å². The Morgan fingerprint density at radius 3 is 1.77 bits per heavy atom. The fourth-order valence-corrected chi connectivity index (χ4v) is 6.98. The van der Waals surface area contributed by atoms with Crippen LogP contribution in [0.2, 0.25) is 0 Å². The Labute approximate surface area is 273 Å². The minimum Gasteiger partial charge on any atom is -0.455 e. The number of rotatable bonds is 5. The van der Waals surface area contributed by atoms with E-state index in [4.69, 9.17) is 9.41 Å². The molecule has 0 aliphatic carbocycles. The zero-order valence-electron chi connectivity index (χ0n) is 25.6. The van der Waals surface area contributed by atoms with Gasteiger partial charge in [0.1, 0.15) is 29.3 Å². The van der Waals surface area contributed by atoms with Crippen LogP contribution >= 0.6 is 0 Å². The number of furan rings is 1. The van der Waals surface area contributed by atoms with Crippen molar-refractivity contribution in [3.05, 3.63) is 180 Å². The molecular weight excluding hydrogens is 574 g/mol. The molecule has 0 spiro atoms. The summed E-state index contributed by atoms with van der Waals surface area (Å²) in [6, 6.07) is 57.3. The average molecular weight is 606 g/mol. The first-order valence-corrected chi connectivity index (χ1v) is 16.0. The number of para-hydroxylation sites is 1. The maximum absolute atomic E-state index is 6.62. The number of nitrogens with one attached hydrogen (secondary N) is 2. The lowest BCUT2D eigenvalue weighted by atomic mass is 9.93. The van der Waals surface area contributed by atoms with E-state index in [-0.39, 0.29) is 12.3 Å². The number of fused-ring (bicyclic) bond motifs is 4. The third-order valence-corrected chi connectivity index (χ3v) is 9.20. The largest absolute Gasteiger partial charge is 0.455 e. The Morgan fingerprint density at radius 2 is 1.04 bits per heavy atom. The van der Waals surface area contributed by atoms with Crippen LogP contribution in [0.3, 0.4) is 0 Å². The summed E-state index contributed by atoms with van der Waals surface area (Å²) in [5.41, 5.74) is 9.66. The highest BCUT2D eigenvalue weighted by Crippen LogP contribution is 2.41. The molecule has 2 N–H and O–H groups in total. The molecule has 0 amide bonds. The van der Waals surface area contributed by atoms with Crippen LogP contribution in [0.25, 0.3) is 55.0 Å². The van der Waals surface area contributed by atoms with Crippen molar-refractivity contribution in [1.82, 2.24) is 10.6 Å². The van der Waals surface area contributed by atoms with Crippen molar-refractivity contribution >= 4 is 38.5 Å². The molecule has 9 rings (SSSR count). The van der Waals surface area contributed by atoms with E-state index in [0.29, 0.717) is 0 Å². The normalized spacial score (nSPS) is 16.3. The Morgan fingerprint density at radius 1 is 0.489 bits per heavy atom. The van der Waals surface area contributed by atoms with Crippen LogP contribution < -0.4 is 10.6 Å². The monoisotopic (exact) mass is 605 g/mol.